The Bertz CT molecular complexity index is 528. The zero-order valence-corrected chi connectivity index (χ0v) is 11.7. The van der Waals surface area contributed by atoms with Gasteiger partial charge in [0.1, 0.15) is 0 Å². The van der Waals surface area contributed by atoms with Crippen molar-refractivity contribution in [2.75, 3.05) is 0 Å². The largest absolute Gasteiger partial charge is 0.390 e. The highest BCUT2D eigenvalue weighted by Crippen LogP contribution is 2.65. The summed E-state index contributed by atoms with van der Waals surface area (Å²) in [6, 6.07) is 0. The van der Waals surface area contributed by atoms with Crippen LogP contribution in [0.25, 0.3) is 0 Å². The van der Waals surface area contributed by atoms with Crippen LogP contribution in [-0.4, -0.2) is 39.6 Å². The molecule has 0 heterocycles. The summed E-state index contributed by atoms with van der Waals surface area (Å²) in [5.41, 5.74) is -3.50. The van der Waals surface area contributed by atoms with E-state index in [1.54, 1.807) is 0 Å². The zero-order chi connectivity index (χ0) is 15.0. The number of alkyl halides is 2. The van der Waals surface area contributed by atoms with Gasteiger partial charge in [-0.05, 0) is 43.4 Å². The molecule has 4 rings (SSSR count). The first-order valence-corrected chi connectivity index (χ1v) is 8.10. The summed E-state index contributed by atoms with van der Waals surface area (Å²) in [6.07, 6.45) is 0.537. The smallest absolute Gasteiger partial charge is 0.370 e. The van der Waals surface area contributed by atoms with Gasteiger partial charge in [0.2, 0.25) is 0 Å². The van der Waals surface area contributed by atoms with Gasteiger partial charge in [0.05, 0.1) is 11.2 Å². The van der Waals surface area contributed by atoms with Gasteiger partial charge in [-0.15, -0.1) is 0 Å². The van der Waals surface area contributed by atoms with Crippen LogP contribution in [0.5, 0.6) is 0 Å². The number of hydrogen-bond donors (Lipinski definition) is 3. The first-order valence-electron chi connectivity index (χ1n) is 6.66. The SMILES string of the molecule is O=S(=O)(O)C(F)(F)CC12CC3CC(O)(CC(O)(C3)C1)C2. The van der Waals surface area contributed by atoms with Gasteiger partial charge in [-0.1, -0.05) is 0 Å². The molecule has 8 heteroatoms. The van der Waals surface area contributed by atoms with E-state index < -0.39 is 38.4 Å². The molecule has 20 heavy (non-hydrogen) atoms. The van der Waals surface area contributed by atoms with E-state index in [-0.39, 0.29) is 25.2 Å². The fraction of sp³-hybridized carbons (Fsp3) is 1.00. The summed E-state index contributed by atoms with van der Waals surface area (Å²) in [6.45, 7) is 0. The molecule has 0 aromatic carbocycles. The second-order valence-electron chi connectivity index (χ2n) is 7.25. The van der Waals surface area contributed by atoms with Crippen LogP contribution in [0.3, 0.4) is 0 Å². The van der Waals surface area contributed by atoms with Crippen molar-refractivity contribution in [3.8, 4) is 0 Å². The number of hydrogen-bond acceptors (Lipinski definition) is 4. The first-order chi connectivity index (χ1) is 8.86. The van der Waals surface area contributed by atoms with Crippen molar-refractivity contribution in [2.24, 2.45) is 11.3 Å². The Morgan fingerprint density at radius 3 is 1.95 bits per heavy atom. The summed E-state index contributed by atoms with van der Waals surface area (Å²) in [4.78, 5) is 0. The molecule has 3 N–H and O–H groups in total. The van der Waals surface area contributed by atoms with E-state index in [4.69, 9.17) is 4.55 Å². The standard InChI is InChI=1S/C12H18F2O5S/c13-12(14,20(17,18)19)6-9-1-8-2-10(15,4-9)7-11(16,3-8)5-9/h8,15-16H,1-7H2,(H,17,18,19). The van der Waals surface area contributed by atoms with Gasteiger partial charge in [0.15, 0.2) is 0 Å². The molecule has 0 spiro atoms. The van der Waals surface area contributed by atoms with Crippen LogP contribution in [0.15, 0.2) is 0 Å². The summed E-state index contributed by atoms with van der Waals surface area (Å²) in [5, 5.41) is 16.6. The monoisotopic (exact) mass is 312 g/mol. The summed E-state index contributed by atoms with van der Waals surface area (Å²) in [5.74, 6) is -0.0709. The third-order valence-electron chi connectivity index (χ3n) is 5.08. The average Bonchev–Trinajstić information content (AvgIpc) is 2.05. The number of rotatable bonds is 3. The quantitative estimate of drug-likeness (QED) is 0.683. The minimum Gasteiger partial charge on any atom is -0.390 e. The molecule has 2 atom stereocenters. The highest BCUT2D eigenvalue weighted by molar-refractivity contribution is 7.86. The van der Waals surface area contributed by atoms with Crippen molar-refractivity contribution >= 4 is 10.1 Å². The van der Waals surface area contributed by atoms with Crippen LogP contribution in [0, 0.1) is 11.3 Å². The minimum atomic E-state index is -5.48. The number of halogens is 2. The van der Waals surface area contributed by atoms with Gasteiger partial charge in [0, 0.05) is 12.8 Å². The van der Waals surface area contributed by atoms with Crippen molar-refractivity contribution in [1.82, 2.24) is 0 Å². The summed E-state index contributed by atoms with van der Waals surface area (Å²) in [7, 11) is -5.48. The van der Waals surface area contributed by atoms with E-state index in [0.29, 0.717) is 19.3 Å². The van der Waals surface area contributed by atoms with Gasteiger partial charge >= 0.3 is 15.4 Å². The highest BCUT2D eigenvalue weighted by Gasteiger charge is 2.65. The molecule has 0 saturated heterocycles. The lowest BCUT2D eigenvalue weighted by Crippen LogP contribution is -2.64. The van der Waals surface area contributed by atoms with Crippen LogP contribution in [0.1, 0.15) is 44.9 Å². The molecule has 0 aromatic heterocycles. The lowest BCUT2D eigenvalue weighted by Gasteiger charge is -2.63. The van der Waals surface area contributed by atoms with Gasteiger partial charge in [0.25, 0.3) is 0 Å². The third-order valence-corrected chi connectivity index (χ3v) is 5.98. The normalized spacial score (nSPS) is 47.8. The predicted molar refractivity (Wildman–Crippen MR) is 64.6 cm³/mol. The fourth-order valence-corrected chi connectivity index (χ4v) is 5.75. The molecule has 4 fully saturated rings. The zero-order valence-electron chi connectivity index (χ0n) is 10.8. The Hall–Kier alpha value is -0.310. The predicted octanol–water partition coefficient (Wildman–Crippen LogP) is 1.30. The maximum absolute atomic E-state index is 13.7. The van der Waals surface area contributed by atoms with Gasteiger partial charge < -0.3 is 10.2 Å². The molecular formula is C12H18F2O5S. The Kier molecular flexibility index (Phi) is 2.71. The van der Waals surface area contributed by atoms with Crippen molar-refractivity contribution in [3.63, 3.8) is 0 Å². The fourth-order valence-electron chi connectivity index (χ4n) is 5.26. The second-order valence-corrected chi connectivity index (χ2v) is 8.79. The van der Waals surface area contributed by atoms with Gasteiger partial charge in [-0.3, -0.25) is 4.55 Å². The van der Waals surface area contributed by atoms with E-state index in [1.807, 2.05) is 0 Å². The molecule has 0 amide bonds. The topological polar surface area (TPSA) is 94.8 Å². The van der Waals surface area contributed by atoms with Crippen molar-refractivity contribution in [3.05, 3.63) is 0 Å². The lowest BCUT2D eigenvalue weighted by molar-refractivity contribution is -0.238. The summed E-state index contributed by atoms with van der Waals surface area (Å²) >= 11 is 0. The van der Waals surface area contributed by atoms with Crippen molar-refractivity contribution < 1.29 is 32.0 Å². The Morgan fingerprint density at radius 1 is 1.05 bits per heavy atom. The van der Waals surface area contributed by atoms with Crippen LogP contribution >= 0.6 is 0 Å². The highest BCUT2D eigenvalue weighted by atomic mass is 32.2. The van der Waals surface area contributed by atoms with Crippen LogP contribution in [-0.2, 0) is 10.1 Å². The van der Waals surface area contributed by atoms with Crippen molar-refractivity contribution in [1.29, 1.82) is 0 Å². The second kappa shape index (κ2) is 3.71. The van der Waals surface area contributed by atoms with E-state index >= 15 is 0 Å². The Balaban J connectivity index is 1.94. The molecule has 4 aliphatic carbocycles. The van der Waals surface area contributed by atoms with E-state index in [1.165, 1.54) is 0 Å². The summed E-state index contributed by atoms with van der Waals surface area (Å²) < 4.78 is 57.7. The minimum absolute atomic E-state index is 0.0594. The first kappa shape index (κ1) is 14.6. The van der Waals surface area contributed by atoms with Crippen LogP contribution in [0.2, 0.25) is 0 Å². The molecule has 4 bridgehead atoms. The third kappa shape index (κ3) is 2.17. The van der Waals surface area contributed by atoms with E-state index in [2.05, 4.69) is 0 Å². The Labute approximate surface area is 115 Å². The average molecular weight is 312 g/mol. The van der Waals surface area contributed by atoms with Crippen molar-refractivity contribution in [2.45, 2.75) is 61.4 Å². The Morgan fingerprint density at radius 2 is 1.55 bits per heavy atom. The van der Waals surface area contributed by atoms with Crippen LogP contribution < -0.4 is 0 Å². The molecule has 0 radical (unpaired) electrons. The molecular weight excluding hydrogens is 294 g/mol. The lowest BCUT2D eigenvalue weighted by atomic mass is 9.45. The molecule has 2 unspecified atom stereocenters. The molecule has 0 aromatic rings. The molecule has 0 aliphatic heterocycles. The maximum atomic E-state index is 13.7. The molecule has 5 nitrogen and oxygen atoms in total. The molecule has 4 aliphatic rings. The van der Waals surface area contributed by atoms with E-state index in [0.717, 1.165) is 0 Å². The van der Waals surface area contributed by atoms with Gasteiger partial charge in [-0.25, -0.2) is 0 Å². The molecule has 116 valence electrons. The van der Waals surface area contributed by atoms with Crippen LogP contribution in [0.4, 0.5) is 8.78 Å². The molecule has 4 saturated carbocycles. The number of aliphatic hydroxyl groups is 2. The van der Waals surface area contributed by atoms with Gasteiger partial charge in [-0.2, -0.15) is 17.2 Å². The maximum Gasteiger partial charge on any atom is 0.370 e. The van der Waals surface area contributed by atoms with E-state index in [9.17, 15) is 27.4 Å².